The third-order valence-corrected chi connectivity index (χ3v) is 1.97. The monoisotopic (exact) mass is 189 g/mol. The second kappa shape index (κ2) is 3.49. The van der Waals surface area contributed by atoms with Gasteiger partial charge in [0, 0.05) is 12.7 Å². The fraction of sp³-hybridized carbons (Fsp3) is 0.200. The predicted octanol–water partition coefficient (Wildman–Crippen LogP) is 1.31. The van der Waals surface area contributed by atoms with Crippen LogP contribution in [0.5, 0.6) is 0 Å². The van der Waals surface area contributed by atoms with Crippen LogP contribution in [0.25, 0.3) is 11.0 Å². The van der Waals surface area contributed by atoms with Gasteiger partial charge in [0.2, 0.25) is 0 Å². The number of hydrogen-bond acceptors (Lipinski definition) is 2. The highest BCUT2D eigenvalue weighted by molar-refractivity contribution is 5.96. The van der Waals surface area contributed by atoms with Gasteiger partial charge in [-0.25, -0.2) is 0 Å². The van der Waals surface area contributed by atoms with Crippen molar-refractivity contribution in [2.24, 2.45) is 0 Å². The lowest BCUT2D eigenvalue weighted by Gasteiger charge is -1.96. The van der Waals surface area contributed by atoms with E-state index in [4.69, 9.17) is 0 Å². The standard InChI is InChI=1S/C10H11N3O/c1-2-11-10(14)9-6-8-7(13-9)4-3-5-12-8/h3-6,13H,2H2,1H3,(H,11,14). The third-order valence-electron chi connectivity index (χ3n) is 1.97. The molecule has 0 saturated carbocycles. The minimum absolute atomic E-state index is 0.0921. The van der Waals surface area contributed by atoms with E-state index in [9.17, 15) is 4.79 Å². The average molecular weight is 189 g/mol. The quantitative estimate of drug-likeness (QED) is 0.748. The van der Waals surface area contributed by atoms with E-state index in [2.05, 4.69) is 15.3 Å². The molecule has 1 amide bonds. The summed E-state index contributed by atoms with van der Waals surface area (Å²) in [6.45, 7) is 2.51. The lowest BCUT2D eigenvalue weighted by molar-refractivity contribution is 0.0951. The summed E-state index contributed by atoms with van der Waals surface area (Å²) in [6.07, 6.45) is 1.71. The number of pyridine rings is 1. The largest absolute Gasteiger partial charge is 0.351 e. The Balaban J connectivity index is 2.40. The first kappa shape index (κ1) is 8.74. The van der Waals surface area contributed by atoms with Crippen LogP contribution in [0.15, 0.2) is 24.4 Å². The summed E-state index contributed by atoms with van der Waals surface area (Å²) in [4.78, 5) is 18.6. The highest BCUT2D eigenvalue weighted by atomic mass is 16.1. The van der Waals surface area contributed by atoms with E-state index in [1.54, 1.807) is 12.3 Å². The first-order valence-corrected chi connectivity index (χ1v) is 4.53. The summed E-state index contributed by atoms with van der Waals surface area (Å²) < 4.78 is 0. The third kappa shape index (κ3) is 1.46. The molecule has 14 heavy (non-hydrogen) atoms. The topological polar surface area (TPSA) is 57.8 Å². The van der Waals surface area contributed by atoms with Gasteiger partial charge in [-0.2, -0.15) is 0 Å². The van der Waals surface area contributed by atoms with Crippen molar-refractivity contribution in [1.82, 2.24) is 15.3 Å². The number of fused-ring (bicyclic) bond motifs is 1. The van der Waals surface area contributed by atoms with Crippen LogP contribution in [0, 0.1) is 0 Å². The number of aromatic nitrogens is 2. The van der Waals surface area contributed by atoms with Crippen molar-refractivity contribution in [2.45, 2.75) is 6.92 Å². The molecule has 2 aromatic rings. The Morgan fingerprint density at radius 2 is 2.50 bits per heavy atom. The minimum atomic E-state index is -0.0921. The van der Waals surface area contributed by atoms with Gasteiger partial charge >= 0.3 is 0 Å². The van der Waals surface area contributed by atoms with E-state index in [1.807, 2.05) is 19.1 Å². The van der Waals surface area contributed by atoms with Gasteiger partial charge in [-0.15, -0.1) is 0 Å². The molecule has 0 atom stereocenters. The van der Waals surface area contributed by atoms with Crippen molar-refractivity contribution >= 4 is 16.9 Å². The smallest absolute Gasteiger partial charge is 0.267 e. The number of nitrogens with zero attached hydrogens (tertiary/aromatic N) is 1. The first-order valence-electron chi connectivity index (χ1n) is 4.53. The average Bonchev–Trinajstić information content (AvgIpc) is 2.61. The zero-order valence-electron chi connectivity index (χ0n) is 7.87. The molecule has 4 heteroatoms. The summed E-state index contributed by atoms with van der Waals surface area (Å²) >= 11 is 0. The van der Waals surface area contributed by atoms with E-state index in [1.165, 1.54) is 0 Å². The van der Waals surface area contributed by atoms with E-state index in [0.29, 0.717) is 12.2 Å². The van der Waals surface area contributed by atoms with Crippen molar-refractivity contribution in [3.05, 3.63) is 30.1 Å². The van der Waals surface area contributed by atoms with E-state index >= 15 is 0 Å². The molecule has 0 saturated heterocycles. The van der Waals surface area contributed by atoms with E-state index in [0.717, 1.165) is 11.0 Å². The Hall–Kier alpha value is -1.84. The van der Waals surface area contributed by atoms with Gasteiger partial charge in [-0.05, 0) is 25.1 Å². The molecule has 2 aromatic heterocycles. The van der Waals surface area contributed by atoms with Gasteiger partial charge in [-0.3, -0.25) is 9.78 Å². The van der Waals surface area contributed by atoms with Crippen LogP contribution >= 0.6 is 0 Å². The lowest BCUT2D eigenvalue weighted by Crippen LogP contribution is -2.22. The van der Waals surface area contributed by atoms with Gasteiger partial charge in [-0.1, -0.05) is 0 Å². The highest BCUT2D eigenvalue weighted by Crippen LogP contribution is 2.11. The summed E-state index contributed by atoms with van der Waals surface area (Å²) in [7, 11) is 0. The number of nitrogens with one attached hydrogen (secondary N) is 2. The number of amides is 1. The van der Waals surface area contributed by atoms with Crippen LogP contribution in [0.2, 0.25) is 0 Å². The van der Waals surface area contributed by atoms with Gasteiger partial charge in [0.25, 0.3) is 5.91 Å². The van der Waals surface area contributed by atoms with Crippen LogP contribution in [-0.4, -0.2) is 22.4 Å². The molecular formula is C10H11N3O. The maximum Gasteiger partial charge on any atom is 0.267 e. The van der Waals surface area contributed by atoms with Crippen LogP contribution in [0.1, 0.15) is 17.4 Å². The van der Waals surface area contributed by atoms with Crippen LogP contribution in [0.3, 0.4) is 0 Å². The maximum absolute atomic E-state index is 11.4. The molecule has 0 unspecified atom stereocenters. The van der Waals surface area contributed by atoms with Gasteiger partial charge < -0.3 is 10.3 Å². The molecule has 0 spiro atoms. The molecule has 0 aliphatic rings. The van der Waals surface area contributed by atoms with Gasteiger partial charge in [0.1, 0.15) is 5.69 Å². The van der Waals surface area contributed by atoms with Gasteiger partial charge in [0.15, 0.2) is 0 Å². The Morgan fingerprint density at radius 3 is 3.21 bits per heavy atom. The molecule has 2 N–H and O–H groups in total. The predicted molar refractivity (Wildman–Crippen MR) is 54.1 cm³/mol. The summed E-state index contributed by atoms with van der Waals surface area (Å²) in [6, 6.07) is 5.48. The first-order chi connectivity index (χ1) is 6.81. The molecule has 0 aliphatic carbocycles. The molecule has 0 fully saturated rings. The fourth-order valence-electron chi connectivity index (χ4n) is 1.33. The van der Waals surface area contributed by atoms with E-state index < -0.39 is 0 Å². The Bertz CT molecular complexity index is 428. The Labute approximate surface area is 81.3 Å². The van der Waals surface area contributed by atoms with Crippen LogP contribution in [-0.2, 0) is 0 Å². The molecule has 0 bridgehead atoms. The SMILES string of the molecule is CCNC(=O)c1cc2ncccc2[nH]1. The summed E-state index contributed by atoms with van der Waals surface area (Å²) in [5.74, 6) is -0.0921. The molecule has 72 valence electrons. The number of carbonyl (C=O) groups excluding carboxylic acids is 1. The van der Waals surface area contributed by atoms with Crippen LogP contribution < -0.4 is 5.32 Å². The minimum Gasteiger partial charge on any atom is -0.351 e. The lowest BCUT2D eigenvalue weighted by atomic mass is 10.3. The molecule has 0 aliphatic heterocycles. The number of aromatic amines is 1. The zero-order chi connectivity index (χ0) is 9.97. The fourth-order valence-corrected chi connectivity index (χ4v) is 1.33. The molecular weight excluding hydrogens is 178 g/mol. The van der Waals surface area contributed by atoms with Crippen molar-refractivity contribution in [1.29, 1.82) is 0 Å². The zero-order valence-corrected chi connectivity index (χ0v) is 7.87. The molecule has 2 rings (SSSR count). The van der Waals surface area contributed by atoms with Crippen LogP contribution in [0.4, 0.5) is 0 Å². The van der Waals surface area contributed by atoms with Crippen molar-refractivity contribution in [3.8, 4) is 0 Å². The van der Waals surface area contributed by atoms with Gasteiger partial charge in [0.05, 0.1) is 11.0 Å². The summed E-state index contributed by atoms with van der Waals surface area (Å²) in [5.41, 5.74) is 2.25. The second-order valence-corrected chi connectivity index (χ2v) is 2.98. The molecule has 0 radical (unpaired) electrons. The Kier molecular flexibility index (Phi) is 2.18. The van der Waals surface area contributed by atoms with Crippen molar-refractivity contribution in [3.63, 3.8) is 0 Å². The number of rotatable bonds is 2. The molecule has 4 nitrogen and oxygen atoms in total. The number of hydrogen-bond donors (Lipinski definition) is 2. The highest BCUT2D eigenvalue weighted by Gasteiger charge is 2.07. The van der Waals surface area contributed by atoms with Crippen molar-refractivity contribution < 1.29 is 4.79 Å². The normalized spacial score (nSPS) is 10.4. The Morgan fingerprint density at radius 1 is 1.64 bits per heavy atom. The molecule has 0 aromatic carbocycles. The number of carbonyl (C=O) groups is 1. The molecule has 2 heterocycles. The number of H-pyrrole nitrogens is 1. The van der Waals surface area contributed by atoms with Crippen molar-refractivity contribution in [2.75, 3.05) is 6.54 Å². The second-order valence-electron chi connectivity index (χ2n) is 2.98. The summed E-state index contributed by atoms with van der Waals surface area (Å²) in [5, 5.41) is 2.72. The van der Waals surface area contributed by atoms with E-state index in [-0.39, 0.29) is 5.91 Å². The maximum atomic E-state index is 11.4.